The molecule has 0 spiro atoms. The molecule has 1 aliphatic rings. The van der Waals surface area contributed by atoms with Crippen LogP contribution in [-0.4, -0.2) is 40.3 Å². The van der Waals surface area contributed by atoms with Gasteiger partial charge in [0.1, 0.15) is 0 Å². The maximum absolute atomic E-state index is 12.2. The van der Waals surface area contributed by atoms with Gasteiger partial charge in [0.25, 0.3) is 0 Å². The lowest BCUT2D eigenvalue weighted by molar-refractivity contribution is -0.139. The van der Waals surface area contributed by atoms with Gasteiger partial charge in [-0.2, -0.15) is 11.8 Å². The van der Waals surface area contributed by atoms with Crippen molar-refractivity contribution in [3.05, 3.63) is 0 Å². The fraction of sp³-hybridized carbons (Fsp3) is 0.909. The van der Waals surface area contributed by atoms with E-state index in [0.717, 1.165) is 18.8 Å². The van der Waals surface area contributed by atoms with Crippen molar-refractivity contribution < 1.29 is 4.79 Å². The van der Waals surface area contributed by atoms with Gasteiger partial charge in [0, 0.05) is 29.5 Å². The van der Waals surface area contributed by atoms with Crippen molar-refractivity contribution in [2.45, 2.75) is 32.4 Å². The summed E-state index contributed by atoms with van der Waals surface area (Å²) in [5.74, 6) is 1.60. The standard InChI is InChI=1S/C11H20ClNOS/c1-10(2,7-12)9(14)13-5-6-15-11(3,4)8-13/h5-8H2,1-4H3. The van der Waals surface area contributed by atoms with E-state index >= 15 is 0 Å². The molecule has 0 radical (unpaired) electrons. The first-order valence-electron chi connectivity index (χ1n) is 5.28. The summed E-state index contributed by atoms with van der Waals surface area (Å²) in [5, 5.41) is 0. The summed E-state index contributed by atoms with van der Waals surface area (Å²) in [6.07, 6.45) is 0. The molecule has 4 heteroatoms. The predicted molar refractivity (Wildman–Crippen MR) is 67.6 cm³/mol. The van der Waals surface area contributed by atoms with Gasteiger partial charge in [-0.3, -0.25) is 4.79 Å². The van der Waals surface area contributed by atoms with Crippen molar-refractivity contribution in [1.82, 2.24) is 4.90 Å². The summed E-state index contributed by atoms with van der Waals surface area (Å²) in [6.45, 7) is 9.88. The molecule has 88 valence electrons. The number of thioether (sulfide) groups is 1. The van der Waals surface area contributed by atoms with Gasteiger partial charge >= 0.3 is 0 Å². The van der Waals surface area contributed by atoms with Crippen molar-refractivity contribution in [3.63, 3.8) is 0 Å². The van der Waals surface area contributed by atoms with Crippen molar-refractivity contribution in [1.29, 1.82) is 0 Å². The van der Waals surface area contributed by atoms with Crippen LogP contribution in [0.4, 0.5) is 0 Å². The molecular formula is C11H20ClNOS. The van der Waals surface area contributed by atoms with E-state index in [1.807, 2.05) is 30.5 Å². The minimum Gasteiger partial charge on any atom is -0.340 e. The van der Waals surface area contributed by atoms with Gasteiger partial charge in [-0.1, -0.05) is 0 Å². The van der Waals surface area contributed by atoms with Crippen LogP contribution in [0.3, 0.4) is 0 Å². The van der Waals surface area contributed by atoms with Gasteiger partial charge in [-0.25, -0.2) is 0 Å². The molecule has 0 atom stereocenters. The SMILES string of the molecule is CC1(C)CN(C(=O)C(C)(C)CCl)CCS1. The summed E-state index contributed by atoms with van der Waals surface area (Å²) >= 11 is 7.76. The number of carbonyl (C=O) groups excluding carboxylic acids is 1. The van der Waals surface area contributed by atoms with E-state index in [1.54, 1.807) is 0 Å². The Morgan fingerprint density at radius 2 is 2.13 bits per heavy atom. The molecule has 1 aliphatic heterocycles. The van der Waals surface area contributed by atoms with Gasteiger partial charge in [-0.05, 0) is 27.7 Å². The van der Waals surface area contributed by atoms with E-state index in [0.29, 0.717) is 5.88 Å². The van der Waals surface area contributed by atoms with Crippen LogP contribution >= 0.6 is 23.4 Å². The predicted octanol–water partition coefficient (Wildman–Crippen LogP) is 2.61. The molecule has 1 heterocycles. The van der Waals surface area contributed by atoms with Gasteiger partial charge in [0.05, 0.1) is 5.41 Å². The number of rotatable bonds is 2. The van der Waals surface area contributed by atoms with Crippen LogP contribution in [-0.2, 0) is 4.79 Å². The number of halogens is 1. The highest BCUT2D eigenvalue weighted by Crippen LogP contribution is 2.32. The smallest absolute Gasteiger partial charge is 0.229 e. The molecule has 0 bridgehead atoms. The van der Waals surface area contributed by atoms with Crippen LogP contribution in [0.1, 0.15) is 27.7 Å². The Morgan fingerprint density at radius 3 is 2.60 bits per heavy atom. The molecule has 0 aromatic heterocycles. The third kappa shape index (κ3) is 3.28. The molecule has 1 fully saturated rings. The molecule has 1 rings (SSSR count). The first-order valence-corrected chi connectivity index (χ1v) is 6.80. The lowest BCUT2D eigenvalue weighted by Gasteiger charge is -2.40. The zero-order valence-corrected chi connectivity index (χ0v) is 11.5. The number of alkyl halides is 1. The molecule has 1 saturated heterocycles. The third-order valence-corrected chi connectivity index (χ3v) is 4.59. The normalized spacial score (nSPS) is 21.5. The van der Waals surface area contributed by atoms with E-state index in [-0.39, 0.29) is 10.7 Å². The van der Waals surface area contributed by atoms with E-state index in [9.17, 15) is 4.79 Å². The number of hydrogen-bond donors (Lipinski definition) is 0. The highest BCUT2D eigenvalue weighted by atomic mass is 35.5. The first kappa shape index (κ1) is 13.2. The van der Waals surface area contributed by atoms with Crippen LogP contribution in [0.15, 0.2) is 0 Å². The topological polar surface area (TPSA) is 20.3 Å². The lowest BCUT2D eigenvalue weighted by atomic mass is 9.94. The number of amides is 1. The summed E-state index contributed by atoms with van der Waals surface area (Å²) in [7, 11) is 0. The minimum atomic E-state index is -0.431. The van der Waals surface area contributed by atoms with Gasteiger partial charge in [-0.15, -0.1) is 11.6 Å². The van der Waals surface area contributed by atoms with Crippen molar-refractivity contribution in [2.75, 3.05) is 24.7 Å². The molecular weight excluding hydrogens is 230 g/mol. The molecule has 0 N–H and O–H groups in total. The van der Waals surface area contributed by atoms with Gasteiger partial charge in [0.2, 0.25) is 5.91 Å². The van der Waals surface area contributed by atoms with E-state index in [2.05, 4.69) is 13.8 Å². The Kier molecular flexibility index (Phi) is 3.99. The second-order valence-electron chi connectivity index (χ2n) is 5.35. The van der Waals surface area contributed by atoms with Gasteiger partial charge < -0.3 is 4.90 Å². The number of carbonyl (C=O) groups is 1. The largest absolute Gasteiger partial charge is 0.340 e. The van der Waals surface area contributed by atoms with E-state index in [4.69, 9.17) is 11.6 Å². The quantitative estimate of drug-likeness (QED) is 0.702. The van der Waals surface area contributed by atoms with Crippen molar-refractivity contribution in [3.8, 4) is 0 Å². The van der Waals surface area contributed by atoms with Crippen molar-refractivity contribution >= 4 is 29.3 Å². The maximum atomic E-state index is 12.2. The molecule has 15 heavy (non-hydrogen) atoms. The molecule has 1 amide bonds. The average molecular weight is 250 g/mol. The fourth-order valence-electron chi connectivity index (χ4n) is 1.68. The molecule has 2 nitrogen and oxygen atoms in total. The number of nitrogens with zero attached hydrogens (tertiary/aromatic N) is 1. The molecule has 0 aromatic carbocycles. The molecule has 0 aromatic rings. The summed E-state index contributed by atoms with van der Waals surface area (Å²) < 4.78 is 0.177. The van der Waals surface area contributed by atoms with Crippen LogP contribution in [0.2, 0.25) is 0 Å². The summed E-state index contributed by atoms with van der Waals surface area (Å²) in [6, 6.07) is 0. The zero-order valence-electron chi connectivity index (χ0n) is 9.97. The lowest BCUT2D eigenvalue weighted by Crippen LogP contribution is -2.50. The zero-order chi connectivity index (χ0) is 11.7. The Balaban J connectivity index is 2.68. The number of hydrogen-bond acceptors (Lipinski definition) is 2. The summed E-state index contributed by atoms with van der Waals surface area (Å²) in [5.41, 5.74) is -0.431. The first-order chi connectivity index (χ1) is 6.78. The summed E-state index contributed by atoms with van der Waals surface area (Å²) in [4.78, 5) is 14.1. The second-order valence-corrected chi connectivity index (χ2v) is 7.42. The van der Waals surface area contributed by atoms with Crippen LogP contribution < -0.4 is 0 Å². The average Bonchev–Trinajstić information content (AvgIpc) is 2.15. The Hall–Kier alpha value is 0.110. The molecule has 0 unspecified atom stereocenters. The highest BCUT2D eigenvalue weighted by molar-refractivity contribution is 8.00. The van der Waals surface area contributed by atoms with Crippen molar-refractivity contribution in [2.24, 2.45) is 5.41 Å². The van der Waals surface area contributed by atoms with Crippen LogP contribution in [0.25, 0.3) is 0 Å². The monoisotopic (exact) mass is 249 g/mol. The second kappa shape index (κ2) is 4.54. The molecule has 0 aliphatic carbocycles. The Morgan fingerprint density at radius 1 is 1.53 bits per heavy atom. The Labute approximate surface area is 102 Å². The van der Waals surface area contributed by atoms with Crippen LogP contribution in [0, 0.1) is 5.41 Å². The maximum Gasteiger partial charge on any atom is 0.229 e. The van der Waals surface area contributed by atoms with E-state index in [1.165, 1.54) is 0 Å². The molecule has 0 saturated carbocycles. The van der Waals surface area contributed by atoms with E-state index < -0.39 is 5.41 Å². The van der Waals surface area contributed by atoms with Gasteiger partial charge in [0.15, 0.2) is 0 Å². The minimum absolute atomic E-state index is 0.177. The highest BCUT2D eigenvalue weighted by Gasteiger charge is 2.36. The van der Waals surface area contributed by atoms with Crippen LogP contribution in [0.5, 0.6) is 0 Å². The fourth-order valence-corrected chi connectivity index (χ4v) is 2.90. The Bertz CT molecular complexity index is 253. The third-order valence-electron chi connectivity index (χ3n) is 2.63.